The molecule has 1 heterocycles. The van der Waals surface area contributed by atoms with Gasteiger partial charge < -0.3 is 20.6 Å². The molecule has 1 aromatic carbocycles. The molecule has 6 nitrogen and oxygen atoms in total. The number of rotatable bonds is 5. The zero-order valence-electron chi connectivity index (χ0n) is 10.7. The Kier molecular flexibility index (Phi) is 4.31. The lowest BCUT2D eigenvalue weighted by atomic mass is 10.2. The van der Waals surface area contributed by atoms with Crippen LogP contribution in [0.5, 0.6) is 0 Å². The van der Waals surface area contributed by atoms with Crippen LogP contribution in [0, 0.1) is 5.41 Å². The monoisotopic (exact) mass is 291 g/mol. The number of carbonyl (C=O) groups excluding carboxylic acids is 1. The lowest BCUT2D eigenvalue weighted by Gasteiger charge is -2.01. The number of esters is 1. The number of nitrogens with one attached hydrogen (secondary N) is 2. The van der Waals surface area contributed by atoms with Gasteiger partial charge in [0, 0.05) is 11.8 Å². The third-order valence-electron chi connectivity index (χ3n) is 2.40. The number of hydrogen-bond donors (Lipinski definition) is 3. The third-order valence-corrected chi connectivity index (χ3v) is 3.35. The average Bonchev–Trinajstić information content (AvgIpc) is 2.79. The molecule has 2 aromatic rings. The molecule has 0 unspecified atom stereocenters. The molecule has 0 aliphatic heterocycles. The van der Waals surface area contributed by atoms with E-state index in [9.17, 15) is 9.90 Å². The highest BCUT2D eigenvalue weighted by atomic mass is 32.1. The minimum Gasteiger partial charge on any atom is -0.494 e. The second-order valence-electron chi connectivity index (χ2n) is 3.92. The molecular weight excluding hydrogens is 278 g/mol. The van der Waals surface area contributed by atoms with E-state index in [2.05, 4.69) is 15.0 Å². The number of para-hydroxylation sites is 1. The van der Waals surface area contributed by atoms with Gasteiger partial charge in [-0.25, -0.2) is 4.98 Å². The molecule has 0 spiro atoms. The predicted octanol–water partition coefficient (Wildman–Crippen LogP) is 2.69. The maximum atomic E-state index is 11.0. The number of methoxy groups -OCH3 is 1. The van der Waals surface area contributed by atoms with Gasteiger partial charge in [-0.1, -0.05) is 23.5 Å². The van der Waals surface area contributed by atoms with Gasteiger partial charge in [-0.15, -0.1) is 0 Å². The van der Waals surface area contributed by atoms with E-state index in [-0.39, 0.29) is 18.0 Å². The highest BCUT2D eigenvalue weighted by molar-refractivity contribution is 7.22. The van der Waals surface area contributed by atoms with Gasteiger partial charge in [0.05, 0.1) is 23.7 Å². The van der Waals surface area contributed by atoms with E-state index in [1.165, 1.54) is 18.4 Å². The quantitative estimate of drug-likeness (QED) is 0.447. The van der Waals surface area contributed by atoms with Crippen LogP contribution in [-0.2, 0) is 9.53 Å². The van der Waals surface area contributed by atoms with Crippen LogP contribution in [0.3, 0.4) is 0 Å². The molecule has 2 rings (SSSR count). The minimum atomic E-state index is -0.529. The van der Waals surface area contributed by atoms with Gasteiger partial charge in [0.1, 0.15) is 0 Å². The summed E-state index contributed by atoms with van der Waals surface area (Å²) >= 11 is 1.39. The van der Waals surface area contributed by atoms with Crippen molar-refractivity contribution in [2.75, 3.05) is 12.4 Å². The molecular formula is C13H13N3O3S. The normalized spacial score (nSPS) is 11.3. The SMILES string of the molecule is COC(=O)CC(=N)/C=C(/O)Nc1nc2ccccc2s1. The van der Waals surface area contributed by atoms with E-state index in [1.807, 2.05) is 24.3 Å². The van der Waals surface area contributed by atoms with Crippen LogP contribution >= 0.6 is 11.3 Å². The Morgan fingerprint density at radius 2 is 2.30 bits per heavy atom. The van der Waals surface area contributed by atoms with Crippen molar-refractivity contribution >= 4 is 38.4 Å². The Morgan fingerprint density at radius 1 is 1.55 bits per heavy atom. The Balaban J connectivity index is 2.05. The van der Waals surface area contributed by atoms with Gasteiger partial charge in [-0.2, -0.15) is 0 Å². The van der Waals surface area contributed by atoms with Gasteiger partial charge in [-0.05, 0) is 12.1 Å². The van der Waals surface area contributed by atoms with Crippen LogP contribution in [-0.4, -0.2) is 28.9 Å². The van der Waals surface area contributed by atoms with Crippen LogP contribution in [0.2, 0.25) is 0 Å². The lowest BCUT2D eigenvalue weighted by Crippen LogP contribution is -2.08. The topological polar surface area (TPSA) is 95.3 Å². The van der Waals surface area contributed by atoms with Gasteiger partial charge in [-0.3, -0.25) is 4.79 Å². The van der Waals surface area contributed by atoms with E-state index in [0.29, 0.717) is 5.13 Å². The van der Waals surface area contributed by atoms with Crippen LogP contribution in [0.4, 0.5) is 5.13 Å². The summed E-state index contributed by atoms with van der Waals surface area (Å²) in [5.41, 5.74) is 0.778. The zero-order valence-corrected chi connectivity index (χ0v) is 11.5. The van der Waals surface area contributed by atoms with Gasteiger partial charge in [0.2, 0.25) is 0 Å². The molecule has 0 fully saturated rings. The second kappa shape index (κ2) is 6.16. The number of aliphatic hydroxyl groups is 1. The third kappa shape index (κ3) is 3.55. The van der Waals surface area contributed by atoms with Crippen LogP contribution in [0.25, 0.3) is 10.2 Å². The van der Waals surface area contributed by atoms with Crippen molar-refractivity contribution in [3.8, 4) is 0 Å². The first kappa shape index (κ1) is 14.0. The molecule has 0 aliphatic carbocycles. The molecule has 0 radical (unpaired) electrons. The van der Waals surface area contributed by atoms with Crippen molar-refractivity contribution in [1.82, 2.24) is 4.98 Å². The molecule has 0 atom stereocenters. The van der Waals surface area contributed by atoms with Crippen LogP contribution in [0.1, 0.15) is 6.42 Å². The summed E-state index contributed by atoms with van der Waals surface area (Å²) in [4.78, 5) is 15.3. The first-order chi connectivity index (χ1) is 9.58. The van der Waals surface area contributed by atoms with Gasteiger partial charge in [0.25, 0.3) is 0 Å². The standard InChI is InChI=1S/C13H13N3O3S/c1-19-12(18)7-8(14)6-11(17)16-13-15-9-4-2-3-5-10(9)20-13/h2-6,14,17H,7H2,1H3,(H,15,16)/b11-6+,14-8?. The number of allylic oxidation sites excluding steroid dienone is 1. The largest absolute Gasteiger partial charge is 0.494 e. The maximum absolute atomic E-state index is 11.0. The fraction of sp³-hybridized carbons (Fsp3) is 0.154. The molecule has 1 aromatic heterocycles. The number of anilines is 1. The first-order valence-corrected chi connectivity index (χ1v) is 6.57. The van der Waals surface area contributed by atoms with Crippen molar-refractivity contribution in [1.29, 1.82) is 5.41 Å². The number of fused-ring (bicyclic) bond motifs is 1. The average molecular weight is 291 g/mol. The summed E-state index contributed by atoms with van der Waals surface area (Å²) in [6, 6.07) is 7.59. The van der Waals surface area contributed by atoms with E-state index in [1.54, 1.807) is 0 Å². The number of aliphatic hydroxyl groups excluding tert-OH is 1. The Morgan fingerprint density at radius 3 is 3.00 bits per heavy atom. The molecule has 104 valence electrons. The number of thiazole rings is 1. The summed E-state index contributed by atoms with van der Waals surface area (Å²) in [6.07, 6.45) is 0.963. The lowest BCUT2D eigenvalue weighted by molar-refractivity contribution is -0.139. The minimum absolute atomic E-state index is 0.0528. The van der Waals surface area contributed by atoms with E-state index >= 15 is 0 Å². The number of ether oxygens (including phenoxy) is 1. The van der Waals surface area contributed by atoms with Gasteiger partial charge >= 0.3 is 5.97 Å². The highest BCUT2D eigenvalue weighted by Crippen LogP contribution is 2.25. The highest BCUT2D eigenvalue weighted by Gasteiger charge is 2.07. The van der Waals surface area contributed by atoms with Gasteiger partial charge in [0.15, 0.2) is 11.0 Å². The number of hydrogen-bond acceptors (Lipinski definition) is 7. The number of benzene rings is 1. The Hall–Kier alpha value is -2.41. The van der Waals surface area contributed by atoms with Crippen molar-refractivity contribution in [2.24, 2.45) is 0 Å². The number of aromatic nitrogens is 1. The molecule has 3 N–H and O–H groups in total. The van der Waals surface area contributed by atoms with Crippen molar-refractivity contribution in [2.45, 2.75) is 6.42 Å². The number of carbonyl (C=O) groups is 1. The fourth-order valence-corrected chi connectivity index (χ4v) is 2.39. The number of nitrogens with zero attached hydrogens (tertiary/aromatic N) is 1. The van der Waals surface area contributed by atoms with E-state index in [4.69, 9.17) is 5.41 Å². The van der Waals surface area contributed by atoms with Crippen molar-refractivity contribution < 1.29 is 14.6 Å². The van der Waals surface area contributed by atoms with E-state index in [0.717, 1.165) is 16.3 Å². The summed E-state index contributed by atoms with van der Waals surface area (Å²) in [7, 11) is 1.25. The van der Waals surface area contributed by atoms with E-state index < -0.39 is 5.97 Å². The molecule has 7 heteroatoms. The molecule has 0 saturated heterocycles. The smallest absolute Gasteiger partial charge is 0.311 e. The van der Waals surface area contributed by atoms with Crippen molar-refractivity contribution in [3.63, 3.8) is 0 Å². The predicted molar refractivity (Wildman–Crippen MR) is 78.3 cm³/mol. The first-order valence-electron chi connectivity index (χ1n) is 5.76. The fourth-order valence-electron chi connectivity index (χ4n) is 1.52. The summed E-state index contributed by atoms with van der Waals surface area (Å²) in [6.45, 7) is 0. The molecule has 20 heavy (non-hydrogen) atoms. The molecule has 0 aliphatic rings. The molecule has 0 amide bonds. The molecule has 0 bridgehead atoms. The zero-order chi connectivity index (χ0) is 14.5. The summed E-state index contributed by atoms with van der Waals surface area (Å²) < 4.78 is 5.43. The van der Waals surface area contributed by atoms with Crippen molar-refractivity contribution in [3.05, 3.63) is 36.2 Å². The second-order valence-corrected chi connectivity index (χ2v) is 4.95. The summed E-state index contributed by atoms with van der Waals surface area (Å²) in [5, 5.41) is 20.4. The Bertz CT molecular complexity index is 645. The van der Waals surface area contributed by atoms with Crippen LogP contribution in [0.15, 0.2) is 36.2 Å². The Labute approximate surface area is 119 Å². The maximum Gasteiger partial charge on any atom is 0.311 e. The molecule has 0 saturated carbocycles. The summed E-state index contributed by atoms with van der Waals surface area (Å²) in [5.74, 6) is -0.767. The van der Waals surface area contributed by atoms with Crippen LogP contribution < -0.4 is 5.32 Å².